The quantitative estimate of drug-likeness (QED) is 0.222. The number of likely N-dealkylation sites (N-methyl/N-ethyl adjacent to an activating group) is 6. The van der Waals surface area contributed by atoms with Crippen LogP contribution in [0.4, 0.5) is 17.6 Å². The number of hydrogen-bond acceptors (Lipinski definition) is 11. The monoisotopic (exact) mass is 1270 g/mol. The summed E-state index contributed by atoms with van der Waals surface area (Å²) in [4.78, 5) is 167. The van der Waals surface area contributed by atoms with E-state index in [0.29, 0.717) is 31.4 Å². The van der Waals surface area contributed by atoms with Crippen LogP contribution in [0.15, 0.2) is 18.2 Å². The summed E-state index contributed by atoms with van der Waals surface area (Å²) in [5.41, 5.74) is -2.92. The molecule has 90 heavy (non-hydrogen) atoms. The van der Waals surface area contributed by atoms with Gasteiger partial charge in [0.25, 0.3) is 0 Å². The molecular weight excluding hydrogens is 1170 g/mol. The number of rotatable bonds is 11. The standard InChI is InChI=1S/C64H99F4N11O11/c1-14-40(6)55-61(89)75(10)36-53(82)73(8)37-54(83)77(12)50(34-42-20-16-15-17-21-42)60(88)74(9)35-51(80)70-46(26-24-43-23-25-44(45(65)33-43)64(66,67)68)59(87)79-29-18-22-47(79)58(86)72-63(27-19-28-63)62(90)78(13)49(31-39(4)5)56(84)69-41(7)32-52(81)76(11)48(30-38(2)3)57(85)71-55/h23,25,33,38-42,46-50,55H,14-22,24,26-32,34-37H2,1-13H3,(H,69,84)(H,70,80)(H,71,85)(H,72,86)/t40?,41-,46+,47+,48+,49+,50+,55+/m1/s1. The lowest BCUT2D eigenvalue weighted by Crippen LogP contribution is -2.67. The van der Waals surface area contributed by atoms with Crippen LogP contribution in [0, 0.1) is 29.5 Å². The van der Waals surface area contributed by atoms with Crippen molar-refractivity contribution in [2.45, 2.75) is 212 Å². The first-order chi connectivity index (χ1) is 42.1. The summed E-state index contributed by atoms with van der Waals surface area (Å²) in [6.07, 6.45) is 0.976. The maximum atomic E-state index is 14.9. The number of fused-ring (bicyclic) bond motifs is 1. The predicted molar refractivity (Wildman–Crippen MR) is 327 cm³/mol. The van der Waals surface area contributed by atoms with Crippen molar-refractivity contribution in [3.63, 3.8) is 0 Å². The van der Waals surface area contributed by atoms with Gasteiger partial charge in [0.2, 0.25) is 65.0 Å². The van der Waals surface area contributed by atoms with Crippen molar-refractivity contribution < 1.29 is 70.3 Å². The summed E-state index contributed by atoms with van der Waals surface area (Å²) in [6, 6.07) is -5.56. The Hall–Kier alpha value is -6.89. The van der Waals surface area contributed by atoms with Gasteiger partial charge in [-0.2, -0.15) is 13.2 Å². The first kappa shape index (κ1) is 73.8. The molecule has 2 saturated heterocycles. The molecule has 0 bridgehead atoms. The van der Waals surface area contributed by atoms with E-state index in [1.54, 1.807) is 13.8 Å². The predicted octanol–water partition coefficient (Wildman–Crippen LogP) is 4.65. The molecule has 22 nitrogen and oxygen atoms in total. The molecule has 504 valence electrons. The molecule has 11 amide bonds. The van der Waals surface area contributed by atoms with Crippen molar-refractivity contribution in [3.05, 3.63) is 35.1 Å². The number of amides is 11. The van der Waals surface area contributed by atoms with Crippen molar-refractivity contribution in [1.82, 2.24) is 55.6 Å². The van der Waals surface area contributed by atoms with Crippen LogP contribution < -0.4 is 21.3 Å². The zero-order chi connectivity index (χ0) is 67.3. The largest absolute Gasteiger partial charge is 0.419 e. The maximum Gasteiger partial charge on any atom is 0.419 e. The van der Waals surface area contributed by atoms with Gasteiger partial charge in [0.1, 0.15) is 47.6 Å². The molecular formula is C64H99F4N11O11. The van der Waals surface area contributed by atoms with Gasteiger partial charge in [-0.15, -0.1) is 0 Å². The Morgan fingerprint density at radius 1 is 0.622 bits per heavy atom. The second-order valence-electron chi connectivity index (χ2n) is 26.7. The number of halogens is 4. The van der Waals surface area contributed by atoms with Gasteiger partial charge < -0.3 is 55.6 Å². The molecule has 2 heterocycles. The molecule has 2 aliphatic carbocycles. The molecule has 1 spiro atoms. The minimum Gasteiger partial charge on any atom is -0.351 e. The van der Waals surface area contributed by atoms with Crippen molar-refractivity contribution in [3.8, 4) is 0 Å². The van der Waals surface area contributed by atoms with Gasteiger partial charge in [-0.3, -0.25) is 52.7 Å². The minimum atomic E-state index is -4.99. The van der Waals surface area contributed by atoms with Crippen LogP contribution in [0.3, 0.4) is 0 Å². The van der Waals surface area contributed by atoms with Crippen molar-refractivity contribution in [1.29, 1.82) is 0 Å². The first-order valence-corrected chi connectivity index (χ1v) is 32.0. The average molecular weight is 1270 g/mol. The Kier molecular flexibility index (Phi) is 26.6. The number of benzene rings is 1. The summed E-state index contributed by atoms with van der Waals surface area (Å²) in [5, 5.41) is 11.4. The third kappa shape index (κ3) is 19.3. The second-order valence-corrected chi connectivity index (χ2v) is 26.7. The molecule has 2 aliphatic heterocycles. The Bertz CT molecular complexity index is 2760. The number of carbonyl (C=O) groups excluding carboxylic acids is 11. The number of carbonyl (C=O) groups is 11. The zero-order valence-corrected chi connectivity index (χ0v) is 55.1. The van der Waals surface area contributed by atoms with E-state index in [9.17, 15) is 70.3 Å². The van der Waals surface area contributed by atoms with Gasteiger partial charge in [-0.25, -0.2) is 4.39 Å². The van der Waals surface area contributed by atoms with Gasteiger partial charge >= 0.3 is 6.18 Å². The molecule has 4 aliphatic rings. The smallest absolute Gasteiger partial charge is 0.351 e. The fraction of sp³-hybridized carbons (Fsp3) is 0.734. The van der Waals surface area contributed by atoms with Crippen LogP contribution in [-0.4, -0.2) is 216 Å². The number of nitrogens with one attached hydrogen (secondary N) is 4. The fourth-order valence-corrected chi connectivity index (χ4v) is 12.6. The molecule has 5 rings (SSSR count). The topological polar surface area (TPSA) is 259 Å². The lowest BCUT2D eigenvalue weighted by atomic mass is 9.75. The van der Waals surface area contributed by atoms with Crippen molar-refractivity contribution in [2.24, 2.45) is 23.7 Å². The molecule has 2 saturated carbocycles. The highest BCUT2D eigenvalue weighted by Gasteiger charge is 2.51. The lowest BCUT2D eigenvalue weighted by Gasteiger charge is -2.45. The van der Waals surface area contributed by atoms with Gasteiger partial charge in [0.05, 0.1) is 25.2 Å². The average Bonchev–Trinajstić information content (AvgIpc) is 2.12. The summed E-state index contributed by atoms with van der Waals surface area (Å²) in [6.45, 7) is 11.1. The lowest BCUT2D eigenvalue weighted by molar-refractivity contribution is -0.152. The van der Waals surface area contributed by atoms with Crippen LogP contribution in [0.1, 0.15) is 162 Å². The molecule has 0 radical (unpaired) electrons. The van der Waals surface area contributed by atoms with Crippen LogP contribution in [0.5, 0.6) is 0 Å². The van der Waals surface area contributed by atoms with Crippen molar-refractivity contribution >= 4 is 65.0 Å². The van der Waals surface area contributed by atoms with E-state index in [1.165, 1.54) is 61.9 Å². The normalized spacial score (nSPS) is 26.2. The summed E-state index contributed by atoms with van der Waals surface area (Å²) in [5.74, 6) is -9.27. The van der Waals surface area contributed by atoms with Crippen molar-refractivity contribution in [2.75, 3.05) is 68.5 Å². The highest BCUT2D eigenvalue weighted by Crippen LogP contribution is 2.36. The van der Waals surface area contributed by atoms with Gasteiger partial charge in [-0.1, -0.05) is 86.1 Å². The third-order valence-corrected chi connectivity index (χ3v) is 18.5. The summed E-state index contributed by atoms with van der Waals surface area (Å²) < 4.78 is 55.7. The molecule has 8 atom stereocenters. The summed E-state index contributed by atoms with van der Waals surface area (Å²) in [7, 11) is 8.46. The number of nitrogens with zero attached hydrogens (tertiary/aromatic N) is 7. The fourth-order valence-electron chi connectivity index (χ4n) is 12.6. The van der Waals surface area contributed by atoms with Crippen LogP contribution >= 0.6 is 0 Å². The molecule has 4 fully saturated rings. The zero-order valence-electron chi connectivity index (χ0n) is 55.1. The Balaban J connectivity index is 1.54. The van der Waals surface area contributed by atoms with Gasteiger partial charge in [0, 0.05) is 61.3 Å². The second kappa shape index (κ2) is 32.4. The van der Waals surface area contributed by atoms with E-state index in [0.717, 1.165) is 52.9 Å². The Morgan fingerprint density at radius 2 is 1.20 bits per heavy atom. The molecule has 1 aromatic carbocycles. The van der Waals surface area contributed by atoms with E-state index in [-0.39, 0.29) is 87.6 Å². The van der Waals surface area contributed by atoms with E-state index in [2.05, 4.69) is 21.3 Å². The molecule has 4 N–H and O–H groups in total. The molecule has 0 aromatic heterocycles. The first-order valence-electron chi connectivity index (χ1n) is 32.0. The molecule has 1 unspecified atom stereocenters. The summed E-state index contributed by atoms with van der Waals surface area (Å²) >= 11 is 0. The van der Waals surface area contributed by atoms with E-state index < -0.39 is 156 Å². The molecule has 1 aromatic rings. The maximum absolute atomic E-state index is 14.9. The van der Waals surface area contributed by atoms with Gasteiger partial charge in [0.15, 0.2) is 0 Å². The van der Waals surface area contributed by atoms with E-state index in [1.807, 2.05) is 34.6 Å². The highest BCUT2D eigenvalue weighted by atomic mass is 19.4. The molecule has 26 heteroatoms. The number of alkyl halides is 3. The van der Waals surface area contributed by atoms with Crippen LogP contribution in [0.2, 0.25) is 0 Å². The Labute approximate surface area is 528 Å². The van der Waals surface area contributed by atoms with Crippen LogP contribution in [-0.2, 0) is 65.3 Å². The van der Waals surface area contributed by atoms with E-state index >= 15 is 0 Å². The van der Waals surface area contributed by atoms with E-state index in [4.69, 9.17) is 0 Å². The van der Waals surface area contributed by atoms with Gasteiger partial charge in [-0.05, 0) is 112 Å². The highest BCUT2D eigenvalue weighted by molar-refractivity contribution is 5.99. The SMILES string of the molecule is CCC(C)[C@@H]1NC(=O)[C@H](CC(C)C)N(C)C(=O)C[C@@H](C)NC(=O)[C@H](CC(C)C)N(C)C(=O)C2(CCC2)NC(=O)[C@@H]2CCCN2C(=O)[C@H](CCc2ccc(C(F)(F)F)c(F)c2)NC(=O)CN(C)C(=O)[C@H](CC2CCCCC2)N(C)C(=O)CN(C)C(=O)CN(C)C1=O. The third-order valence-electron chi connectivity index (χ3n) is 18.5. The minimum absolute atomic E-state index is 0.0170. The van der Waals surface area contributed by atoms with Crippen LogP contribution in [0.25, 0.3) is 0 Å². The number of aryl methyl sites for hydroxylation is 1. The Morgan fingerprint density at radius 3 is 1.77 bits per heavy atom. The number of hydrogen-bond donors (Lipinski definition) is 4.